The van der Waals surface area contributed by atoms with Gasteiger partial charge in [0.2, 0.25) is 5.91 Å². The van der Waals surface area contributed by atoms with E-state index in [9.17, 15) is 4.79 Å². The number of benzene rings is 2. The van der Waals surface area contributed by atoms with Crippen LogP contribution in [0.5, 0.6) is 11.5 Å². The van der Waals surface area contributed by atoms with Crippen LogP contribution in [0.1, 0.15) is 49.6 Å². The first kappa shape index (κ1) is 26.0. The fraction of sp³-hybridized carbons (Fsp3) is 0.452. The lowest BCUT2D eigenvalue weighted by Gasteiger charge is -2.37. The number of amides is 1. The first-order valence-electron chi connectivity index (χ1n) is 13.7. The summed E-state index contributed by atoms with van der Waals surface area (Å²) in [6, 6.07) is 12.8. The van der Waals surface area contributed by atoms with E-state index in [2.05, 4.69) is 45.3 Å². The van der Waals surface area contributed by atoms with Crippen LogP contribution in [0, 0.1) is 5.92 Å². The fourth-order valence-corrected chi connectivity index (χ4v) is 5.73. The number of nitrogens with zero attached hydrogens (tertiary/aromatic N) is 3. The molecule has 1 amide bonds. The fourth-order valence-electron chi connectivity index (χ4n) is 5.73. The molecule has 38 heavy (non-hydrogen) atoms. The minimum absolute atomic E-state index is 0.0553. The number of aromatic nitrogens is 2. The number of piperidine rings is 1. The number of ether oxygens (including phenoxy) is 2. The zero-order valence-electron chi connectivity index (χ0n) is 22.7. The molecule has 1 saturated heterocycles. The minimum atomic E-state index is 0.0553. The van der Waals surface area contributed by atoms with Crippen molar-refractivity contribution >= 4 is 11.6 Å². The molecule has 7 heteroatoms. The van der Waals surface area contributed by atoms with Gasteiger partial charge in [0.25, 0.3) is 0 Å². The summed E-state index contributed by atoms with van der Waals surface area (Å²) < 4.78 is 10.7. The number of hydrogen-bond acceptors (Lipinski definition) is 6. The first-order chi connectivity index (χ1) is 18.5. The minimum Gasteiger partial charge on any atom is -0.493 e. The summed E-state index contributed by atoms with van der Waals surface area (Å²) in [5, 5.41) is 3.25. The topological polar surface area (TPSA) is 76.6 Å². The normalized spacial score (nSPS) is 17.6. The zero-order valence-corrected chi connectivity index (χ0v) is 22.7. The smallest absolute Gasteiger partial charge is 0.220 e. The molecule has 200 valence electrons. The molecular formula is C31H38N4O3. The Labute approximate surface area is 225 Å². The summed E-state index contributed by atoms with van der Waals surface area (Å²) in [5.74, 6) is 2.50. The maximum atomic E-state index is 12.8. The molecule has 2 unspecified atom stereocenters. The third kappa shape index (κ3) is 5.93. The molecule has 2 aromatic carbocycles. The highest BCUT2D eigenvalue weighted by Gasteiger charge is 2.26. The van der Waals surface area contributed by atoms with Crippen molar-refractivity contribution in [3.63, 3.8) is 0 Å². The van der Waals surface area contributed by atoms with E-state index >= 15 is 0 Å². The van der Waals surface area contributed by atoms with E-state index in [1.807, 2.05) is 18.2 Å². The molecule has 7 nitrogen and oxygen atoms in total. The number of rotatable bonds is 9. The van der Waals surface area contributed by atoms with Gasteiger partial charge < -0.3 is 19.7 Å². The van der Waals surface area contributed by atoms with Crippen LogP contribution in [0.25, 0.3) is 11.1 Å². The molecular weight excluding hydrogens is 476 g/mol. The highest BCUT2D eigenvalue weighted by molar-refractivity contribution is 5.76. The summed E-state index contributed by atoms with van der Waals surface area (Å²) in [5.41, 5.74) is 6.20. The van der Waals surface area contributed by atoms with Gasteiger partial charge in [-0.05, 0) is 85.9 Å². The molecule has 1 aromatic heterocycles. The monoisotopic (exact) mass is 514 g/mol. The van der Waals surface area contributed by atoms with Crippen LogP contribution in [-0.4, -0.2) is 49.2 Å². The van der Waals surface area contributed by atoms with E-state index in [4.69, 9.17) is 9.47 Å². The van der Waals surface area contributed by atoms with Crippen LogP contribution in [0.3, 0.4) is 0 Å². The van der Waals surface area contributed by atoms with Gasteiger partial charge in [0.05, 0.1) is 14.2 Å². The van der Waals surface area contributed by atoms with Gasteiger partial charge in [-0.25, -0.2) is 9.97 Å². The molecule has 2 heterocycles. The van der Waals surface area contributed by atoms with Gasteiger partial charge in [0.15, 0.2) is 11.5 Å². The largest absolute Gasteiger partial charge is 0.493 e. The van der Waals surface area contributed by atoms with Gasteiger partial charge in [0.1, 0.15) is 5.82 Å². The molecule has 1 N–H and O–H groups in total. The number of aryl methyl sites for hydroxylation is 3. The second-order valence-electron chi connectivity index (χ2n) is 10.5. The summed E-state index contributed by atoms with van der Waals surface area (Å²) in [6.07, 6.45) is 10.5. The third-order valence-electron chi connectivity index (χ3n) is 8.00. The molecule has 3 aromatic rings. The van der Waals surface area contributed by atoms with Crippen molar-refractivity contribution in [3.05, 3.63) is 65.7 Å². The van der Waals surface area contributed by atoms with Crippen molar-refractivity contribution in [1.29, 1.82) is 0 Å². The average molecular weight is 515 g/mol. The summed E-state index contributed by atoms with van der Waals surface area (Å²) in [7, 11) is 3.23. The quantitative estimate of drug-likeness (QED) is 0.433. The molecule has 5 rings (SSSR count). The second-order valence-corrected chi connectivity index (χ2v) is 10.5. The Morgan fingerprint density at radius 3 is 2.58 bits per heavy atom. The Kier molecular flexibility index (Phi) is 8.11. The molecule has 0 bridgehead atoms. The van der Waals surface area contributed by atoms with E-state index in [0.29, 0.717) is 36.1 Å². The van der Waals surface area contributed by atoms with E-state index in [0.717, 1.165) is 37.1 Å². The van der Waals surface area contributed by atoms with Crippen molar-refractivity contribution in [2.45, 2.75) is 57.9 Å². The van der Waals surface area contributed by atoms with E-state index < -0.39 is 0 Å². The predicted molar refractivity (Wildman–Crippen MR) is 150 cm³/mol. The molecule has 1 aliphatic carbocycles. The van der Waals surface area contributed by atoms with Crippen molar-refractivity contribution in [2.24, 2.45) is 5.92 Å². The highest BCUT2D eigenvalue weighted by Crippen LogP contribution is 2.32. The van der Waals surface area contributed by atoms with Gasteiger partial charge in [0, 0.05) is 55.6 Å². The Bertz CT molecular complexity index is 1260. The Balaban J connectivity index is 1.12. The van der Waals surface area contributed by atoms with Crippen LogP contribution in [-0.2, 0) is 24.1 Å². The SMILES string of the molecule is COc1ccc(-c2cnc(CCC(=O)NC(C)C3CCCN(c4ccc5c(c4)CCC5)C3)nc2)cc1OC. The van der Waals surface area contributed by atoms with Crippen molar-refractivity contribution in [2.75, 3.05) is 32.2 Å². The summed E-state index contributed by atoms with van der Waals surface area (Å²) >= 11 is 0. The maximum Gasteiger partial charge on any atom is 0.220 e. The van der Waals surface area contributed by atoms with Gasteiger partial charge in [-0.2, -0.15) is 0 Å². The number of carbonyl (C=O) groups excluding carboxylic acids is 1. The van der Waals surface area contributed by atoms with Gasteiger partial charge >= 0.3 is 0 Å². The molecule has 0 spiro atoms. The van der Waals surface area contributed by atoms with Crippen LogP contribution < -0.4 is 19.7 Å². The number of hydrogen-bond donors (Lipinski definition) is 1. The molecule has 2 aliphatic rings. The molecule has 0 saturated carbocycles. The van der Waals surface area contributed by atoms with Crippen molar-refractivity contribution < 1.29 is 14.3 Å². The van der Waals surface area contributed by atoms with Gasteiger partial charge in [-0.15, -0.1) is 0 Å². The molecule has 0 radical (unpaired) electrons. The molecule has 2 atom stereocenters. The predicted octanol–water partition coefficient (Wildman–Crippen LogP) is 5.00. The number of anilines is 1. The number of fused-ring (bicyclic) bond motifs is 1. The Morgan fingerprint density at radius 1 is 1.00 bits per heavy atom. The van der Waals surface area contributed by atoms with Crippen LogP contribution in [0.4, 0.5) is 5.69 Å². The van der Waals surface area contributed by atoms with Crippen LogP contribution in [0.15, 0.2) is 48.8 Å². The number of nitrogens with one attached hydrogen (secondary N) is 1. The lowest BCUT2D eigenvalue weighted by molar-refractivity contribution is -0.122. The summed E-state index contributed by atoms with van der Waals surface area (Å²) in [4.78, 5) is 24.3. The van der Waals surface area contributed by atoms with E-state index in [-0.39, 0.29) is 11.9 Å². The lowest BCUT2D eigenvalue weighted by Crippen LogP contribution is -2.46. The number of carbonyl (C=O) groups is 1. The molecule has 1 aliphatic heterocycles. The summed E-state index contributed by atoms with van der Waals surface area (Å²) in [6.45, 7) is 4.22. The number of methoxy groups -OCH3 is 2. The second kappa shape index (κ2) is 11.8. The van der Waals surface area contributed by atoms with Gasteiger partial charge in [-0.3, -0.25) is 4.79 Å². The van der Waals surface area contributed by atoms with Crippen molar-refractivity contribution in [3.8, 4) is 22.6 Å². The molecule has 1 fully saturated rings. The first-order valence-corrected chi connectivity index (χ1v) is 13.7. The third-order valence-corrected chi connectivity index (χ3v) is 8.00. The van der Waals surface area contributed by atoms with E-state index in [1.54, 1.807) is 26.6 Å². The lowest BCUT2D eigenvalue weighted by atomic mass is 9.91. The zero-order chi connectivity index (χ0) is 26.5. The maximum absolute atomic E-state index is 12.8. The van der Waals surface area contributed by atoms with E-state index in [1.165, 1.54) is 36.1 Å². The average Bonchev–Trinajstić information content (AvgIpc) is 3.44. The standard InChI is InChI=1S/C31H38N4O3/c1-21(25-8-5-15-35(20-25)27-11-9-22-6-4-7-23(22)16-27)34-31(36)14-13-30-32-18-26(19-33-30)24-10-12-28(37-2)29(17-24)38-3/h9-12,16-19,21,25H,4-8,13-15,20H2,1-3H3,(H,34,36). The highest BCUT2D eigenvalue weighted by atomic mass is 16.5. The van der Waals surface area contributed by atoms with Crippen molar-refractivity contribution in [1.82, 2.24) is 15.3 Å². The van der Waals surface area contributed by atoms with Crippen LogP contribution >= 0.6 is 0 Å². The Hall–Kier alpha value is -3.61. The van der Waals surface area contributed by atoms with Crippen LogP contribution in [0.2, 0.25) is 0 Å². The Morgan fingerprint density at radius 2 is 1.79 bits per heavy atom. The van der Waals surface area contributed by atoms with Gasteiger partial charge in [-0.1, -0.05) is 12.1 Å².